The molecule has 6 heteroatoms. The molecule has 1 aliphatic rings. The zero-order valence-corrected chi connectivity index (χ0v) is 14.1. The molecule has 24 heavy (non-hydrogen) atoms. The fourth-order valence-corrected chi connectivity index (χ4v) is 3.98. The average molecular weight is 341 g/mol. The SMILES string of the molecule is Cc1ccc(OS(=O)(=O)c2ccc(C#N)cc2)c2c1C(C)CC2=O. The summed E-state index contributed by atoms with van der Waals surface area (Å²) in [4.78, 5) is 12.2. The van der Waals surface area contributed by atoms with Gasteiger partial charge in [-0.2, -0.15) is 13.7 Å². The highest BCUT2D eigenvalue weighted by molar-refractivity contribution is 7.87. The first kappa shape index (κ1) is 16.2. The molecule has 0 aliphatic heterocycles. The summed E-state index contributed by atoms with van der Waals surface area (Å²) in [5.74, 6) is 0.00852. The topological polar surface area (TPSA) is 84.2 Å². The fraction of sp³-hybridized carbons (Fsp3) is 0.222. The van der Waals surface area contributed by atoms with Crippen LogP contribution in [0.3, 0.4) is 0 Å². The van der Waals surface area contributed by atoms with Crippen molar-refractivity contribution in [2.45, 2.75) is 31.1 Å². The molecule has 0 N–H and O–H groups in total. The minimum Gasteiger partial charge on any atom is -0.378 e. The van der Waals surface area contributed by atoms with Gasteiger partial charge in [-0.05, 0) is 54.3 Å². The molecule has 0 fully saturated rings. The van der Waals surface area contributed by atoms with Gasteiger partial charge in [0, 0.05) is 6.42 Å². The van der Waals surface area contributed by atoms with Crippen LogP contribution >= 0.6 is 0 Å². The predicted molar refractivity (Wildman–Crippen MR) is 87.5 cm³/mol. The third kappa shape index (κ3) is 2.68. The molecule has 2 aromatic carbocycles. The lowest BCUT2D eigenvalue weighted by atomic mass is 9.98. The van der Waals surface area contributed by atoms with E-state index in [1.165, 1.54) is 30.3 Å². The Labute approximate surface area is 140 Å². The Morgan fingerprint density at radius 2 is 1.83 bits per heavy atom. The Kier molecular flexibility index (Phi) is 3.90. The lowest BCUT2D eigenvalue weighted by Gasteiger charge is -2.13. The molecule has 0 radical (unpaired) electrons. The third-order valence-electron chi connectivity index (χ3n) is 4.16. The molecular weight excluding hydrogens is 326 g/mol. The number of carbonyl (C=O) groups excluding carboxylic acids is 1. The molecule has 0 aromatic heterocycles. The standard InChI is InChI=1S/C18H15NO4S/c1-11-3-8-16(18-15(20)9-12(2)17(11)18)23-24(21,22)14-6-4-13(10-19)5-7-14/h3-8,12H,9H2,1-2H3. The van der Waals surface area contributed by atoms with E-state index >= 15 is 0 Å². The molecule has 1 atom stereocenters. The van der Waals surface area contributed by atoms with Gasteiger partial charge in [-0.15, -0.1) is 0 Å². The summed E-state index contributed by atoms with van der Waals surface area (Å²) in [6.45, 7) is 3.84. The number of hydrogen-bond acceptors (Lipinski definition) is 5. The molecule has 5 nitrogen and oxygen atoms in total. The number of Topliss-reactive ketones (excluding diaryl/α,β-unsaturated/α-hetero) is 1. The number of carbonyl (C=O) groups is 1. The second kappa shape index (κ2) is 5.77. The van der Waals surface area contributed by atoms with E-state index in [0.29, 0.717) is 17.5 Å². The number of ketones is 1. The van der Waals surface area contributed by atoms with E-state index in [4.69, 9.17) is 9.44 Å². The average Bonchev–Trinajstić information content (AvgIpc) is 2.86. The summed E-state index contributed by atoms with van der Waals surface area (Å²) in [5, 5.41) is 8.78. The first-order chi connectivity index (χ1) is 11.3. The van der Waals surface area contributed by atoms with E-state index in [-0.39, 0.29) is 22.3 Å². The van der Waals surface area contributed by atoms with Crippen LogP contribution in [0.5, 0.6) is 5.75 Å². The van der Waals surface area contributed by atoms with Gasteiger partial charge in [0.25, 0.3) is 0 Å². The van der Waals surface area contributed by atoms with Crippen LogP contribution in [0.15, 0.2) is 41.3 Å². The Morgan fingerprint density at radius 3 is 2.46 bits per heavy atom. The molecular formula is C18H15NO4S. The molecule has 0 saturated heterocycles. The lowest BCUT2D eigenvalue weighted by Crippen LogP contribution is -2.12. The summed E-state index contributed by atoms with van der Waals surface area (Å²) in [7, 11) is -4.08. The maximum atomic E-state index is 12.5. The van der Waals surface area contributed by atoms with Gasteiger partial charge >= 0.3 is 10.1 Å². The van der Waals surface area contributed by atoms with Crippen molar-refractivity contribution in [1.82, 2.24) is 0 Å². The lowest BCUT2D eigenvalue weighted by molar-refractivity contribution is 0.0989. The number of benzene rings is 2. The van der Waals surface area contributed by atoms with Crippen molar-refractivity contribution in [1.29, 1.82) is 5.26 Å². The minimum absolute atomic E-state index is 0.0497. The van der Waals surface area contributed by atoms with Crippen LogP contribution in [0.4, 0.5) is 0 Å². The van der Waals surface area contributed by atoms with E-state index in [2.05, 4.69) is 0 Å². The van der Waals surface area contributed by atoms with Gasteiger partial charge in [-0.25, -0.2) is 0 Å². The third-order valence-corrected chi connectivity index (χ3v) is 5.41. The van der Waals surface area contributed by atoms with Crippen molar-refractivity contribution in [2.24, 2.45) is 0 Å². The Balaban J connectivity index is 2.03. The molecule has 122 valence electrons. The number of nitrogens with zero attached hydrogens (tertiary/aromatic N) is 1. The first-order valence-electron chi connectivity index (χ1n) is 7.45. The molecule has 3 rings (SSSR count). The van der Waals surface area contributed by atoms with Crippen LogP contribution in [0.2, 0.25) is 0 Å². The van der Waals surface area contributed by atoms with Crippen LogP contribution in [0, 0.1) is 18.3 Å². The summed E-state index contributed by atoms with van der Waals surface area (Å²) >= 11 is 0. The van der Waals surface area contributed by atoms with Gasteiger partial charge in [-0.3, -0.25) is 4.79 Å². The van der Waals surface area contributed by atoms with Crippen molar-refractivity contribution in [3.8, 4) is 11.8 Å². The molecule has 0 saturated carbocycles. The second-order valence-electron chi connectivity index (χ2n) is 5.87. The van der Waals surface area contributed by atoms with E-state index < -0.39 is 10.1 Å². The Hall–Kier alpha value is -2.65. The molecule has 0 amide bonds. The van der Waals surface area contributed by atoms with Crippen LogP contribution in [-0.2, 0) is 10.1 Å². The quantitative estimate of drug-likeness (QED) is 0.800. The predicted octanol–water partition coefficient (Wildman–Crippen LogP) is 3.32. The van der Waals surface area contributed by atoms with Crippen LogP contribution in [0.25, 0.3) is 0 Å². The monoisotopic (exact) mass is 341 g/mol. The fourth-order valence-electron chi connectivity index (χ4n) is 3.04. The van der Waals surface area contributed by atoms with Crippen LogP contribution in [-0.4, -0.2) is 14.2 Å². The normalized spacial score (nSPS) is 16.5. The smallest absolute Gasteiger partial charge is 0.339 e. The molecule has 0 bridgehead atoms. The van der Waals surface area contributed by atoms with Crippen molar-refractivity contribution in [3.05, 3.63) is 58.7 Å². The molecule has 0 heterocycles. The van der Waals surface area contributed by atoms with Gasteiger partial charge in [-0.1, -0.05) is 13.0 Å². The number of hydrogen-bond donors (Lipinski definition) is 0. The maximum Gasteiger partial charge on any atom is 0.339 e. The Bertz CT molecular complexity index is 969. The van der Waals surface area contributed by atoms with Crippen LogP contribution in [0.1, 0.15) is 46.3 Å². The minimum atomic E-state index is -4.08. The van der Waals surface area contributed by atoms with Gasteiger partial charge in [0.15, 0.2) is 11.5 Å². The van der Waals surface area contributed by atoms with Gasteiger partial charge in [0.05, 0.1) is 17.2 Å². The van der Waals surface area contributed by atoms with Gasteiger partial charge in [0.1, 0.15) is 4.90 Å². The highest BCUT2D eigenvalue weighted by Crippen LogP contribution is 2.40. The number of nitriles is 1. The highest BCUT2D eigenvalue weighted by atomic mass is 32.2. The number of rotatable bonds is 3. The van der Waals surface area contributed by atoms with E-state index in [9.17, 15) is 13.2 Å². The summed E-state index contributed by atoms with van der Waals surface area (Å²) in [5.41, 5.74) is 2.52. The summed E-state index contributed by atoms with van der Waals surface area (Å²) in [6, 6.07) is 10.6. The molecule has 1 unspecified atom stereocenters. The maximum absolute atomic E-state index is 12.5. The van der Waals surface area contributed by atoms with E-state index in [0.717, 1.165) is 11.1 Å². The molecule has 0 spiro atoms. The largest absolute Gasteiger partial charge is 0.378 e. The highest BCUT2D eigenvalue weighted by Gasteiger charge is 2.32. The summed E-state index contributed by atoms with van der Waals surface area (Å²) in [6.07, 6.45) is 0.355. The molecule has 1 aliphatic carbocycles. The Morgan fingerprint density at radius 1 is 1.17 bits per heavy atom. The van der Waals surface area contributed by atoms with Gasteiger partial charge < -0.3 is 4.18 Å². The zero-order valence-electron chi connectivity index (χ0n) is 13.2. The second-order valence-corrected chi connectivity index (χ2v) is 7.42. The molecule has 2 aromatic rings. The number of fused-ring (bicyclic) bond motifs is 1. The van der Waals surface area contributed by atoms with Crippen molar-refractivity contribution >= 4 is 15.9 Å². The van der Waals surface area contributed by atoms with Crippen LogP contribution < -0.4 is 4.18 Å². The van der Waals surface area contributed by atoms with E-state index in [1.54, 1.807) is 6.07 Å². The van der Waals surface area contributed by atoms with Crippen molar-refractivity contribution in [2.75, 3.05) is 0 Å². The van der Waals surface area contributed by atoms with Crippen molar-refractivity contribution < 1.29 is 17.4 Å². The van der Waals surface area contributed by atoms with Gasteiger partial charge in [0.2, 0.25) is 0 Å². The summed E-state index contributed by atoms with van der Waals surface area (Å²) < 4.78 is 30.2. The van der Waals surface area contributed by atoms with E-state index in [1.807, 2.05) is 19.9 Å². The van der Waals surface area contributed by atoms with Crippen molar-refractivity contribution in [3.63, 3.8) is 0 Å². The zero-order chi connectivity index (χ0) is 17.5. The first-order valence-corrected chi connectivity index (χ1v) is 8.85. The number of aryl methyl sites for hydroxylation is 1.